The van der Waals surface area contributed by atoms with Gasteiger partial charge in [-0.3, -0.25) is 4.79 Å². The lowest BCUT2D eigenvalue weighted by Gasteiger charge is -2.20. The molecule has 0 aromatic heterocycles. The highest BCUT2D eigenvalue weighted by Gasteiger charge is 2.07. The summed E-state index contributed by atoms with van der Waals surface area (Å²) in [5.74, 6) is 2.89. The Kier molecular flexibility index (Phi) is 25.4. The van der Waals surface area contributed by atoms with Crippen LogP contribution in [0.4, 0.5) is 0 Å². The van der Waals surface area contributed by atoms with Crippen molar-refractivity contribution in [2.24, 2.45) is 0 Å². The first-order valence-electron chi connectivity index (χ1n) is 14.2. The molecule has 0 heterocycles. The number of carbonyl (C=O) groups is 1. The second kappa shape index (κ2) is 26.2. The zero-order valence-electron chi connectivity index (χ0n) is 21.9. The number of rotatable bonds is 25. The van der Waals surface area contributed by atoms with Gasteiger partial charge in [0.25, 0.3) is 0 Å². The summed E-state index contributed by atoms with van der Waals surface area (Å²) in [6, 6.07) is 0. The molecule has 3 nitrogen and oxygen atoms in total. The third-order valence-corrected chi connectivity index (χ3v) is 6.41. The average Bonchev–Trinajstić information content (AvgIpc) is 2.80. The number of nitrogens with one attached hydrogen (secondary N) is 1. The predicted octanol–water partition coefficient (Wildman–Crippen LogP) is 7.88. The zero-order chi connectivity index (χ0) is 23.5. The molecule has 0 spiro atoms. The second-order valence-electron chi connectivity index (χ2n) is 9.55. The first kappa shape index (κ1) is 31.0. The minimum atomic E-state index is 0.188. The van der Waals surface area contributed by atoms with Crippen LogP contribution in [0.15, 0.2) is 0 Å². The number of nitrogens with zero attached hydrogens (tertiary/aromatic N) is 1. The summed E-state index contributed by atoms with van der Waals surface area (Å²) in [6.07, 6.45) is 31.2. The van der Waals surface area contributed by atoms with Crippen LogP contribution in [0.5, 0.6) is 0 Å². The van der Waals surface area contributed by atoms with Crippen LogP contribution in [0.1, 0.15) is 142 Å². The van der Waals surface area contributed by atoms with Crippen molar-refractivity contribution in [3.63, 3.8) is 0 Å². The summed E-state index contributed by atoms with van der Waals surface area (Å²) in [4.78, 5) is 14.4. The first-order valence-corrected chi connectivity index (χ1v) is 14.2. The number of hydrogen-bond acceptors (Lipinski definition) is 2. The Hall–Kier alpha value is -1.01. The van der Waals surface area contributed by atoms with Crippen molar-refractivity contribution in [1.29, 1.82) is 0 Å². The van der Waals surface area contributed by atoms with E-state index in [1.165, 1.54) is 109 Å². The van der Waals surface area contributed by atoms with Crippen LogP contribution >= 0.6 is 0 Å². The molecule has 0 radical (unpaired) electrons. The van der Waals surface area contributed by atoms with Gasteiger partial charge >= 0.3 is 0 Å². The van der Waals surface area contributed by atoms with Crippen molar-refractivity contribution in [3.8, 4) is 12.3 Å². The number of carbonyl (C=O) groups excluding carboxylic acids is 1. The standard InChI is InChI=1S/C29H56N2O/c1-4-7-10-11-12-13-14-15-16-17-18-19-20-21-22-23-25-30-29(32)24-28-31(26-8-5-2)27-9-6-3/h2H,4,6-28H2,1,3H3,(H,30,32). The molecular weight excluding hydrogens is 392 g/mol. The van der Waals surface area contributed by atoms with E-state index in [9.17, 15) is 4.79 Å². The molecular formula is C29H56N2O. The highest BCUT2D eigenvalue weighted by Crippen LogP contribution is 2.13. The molecule has 32 heavy (non-hydrogen) atoms. The maximum Gasteiger partial charge on any atom is 0.221 e. The van der Waals surface area contributed by atoms with Gasteiger partial charge in [0, 0.05) is 32.5 Å². The van der Waals surface area contributed by atoms with Crippen molar-refractivity contribution >= 4 is 5.91 Å². The number of unbranched alkanes of at least 4 members (excludes halogenated alkanes) is 16. The third-order valence-electron chi connectivity index (χ3n) is 6.41. The molecule has 0 atom stereocenters. The van der Waals surface area contributed by atoms with Gasteiger partial charge in [-0.25, -0.2) is 0 Å². The van der Waals surface area contributed by atoms with E-state index in [1.54, 1.807) is 0 Å². The lowest BCUT2D eigenvalue weighted by Crippen LogP contribution is -2.32. The Bertz CT molecular complexity index is 429. The van der Waals surface area contributed by atoms with Crippen molar-refractivity contribution in [3.05, 3.63) is 0 Å². The summed E-state index contributed by atoms with van der Waals surface area (Å²) < 4.78 is 0. The molecule has 0 fully saturated rings. The first-order chi connectivity index (χ1) is 15.7. The molecule has 1 N–H and O–H groups in total. The highest BCUT2D eigenvalue weighted by atomic mass is 16.1. The van der Waals surface area contributed by atoms with E-state index in [4.69, 9.17) is 6.42 Å². The maximum atomic E-state index is 12.1. The monoisotopic (exact) mass is 448 g/mol. The van der Waals surface area contributed by atoms with E-state index in [1.807, 2.05) is 0 Å². The van der Waals surface area contributed by atoms with E-state index in [2.05, 4.69) is 30.0 Å². The molecule has 0 aromatic rings. The summed E-state index contributed by atoms with van der Waals surface area (Å²) in [6.45, 7) is 8.09. The molecule has 0 aromatic carbocycles. The van der Waals surface area contributed by atoms with E-state index >= 15 is 0 Å². The summed E-state index contributed by atoms with van der Waals surface area (Å²) in [5, 5.41) is 3.09. The van der Waals surface area contributed by atoms with Crippen LogP contribution < -0.4 is 5.32 Å². The molecule has 0 bridgehead atoms. The van der Waals surface area contributed by atoms with Crippen LogP contribution in [0, 0.1) is 12.3 Å². The van der Waals surface area contributed by atoms with E-state index in [0.29, 0.717) is 6.42 Å². The largest absolute Gasteiger partial charge is 0.356 e. The fourth-order valence-corrected chi connectivity index (χ4v) is 4.19. The Balaban J connectivity index is 3.36. The van der Waals surface area contributed by atoms with Crippen molar-refractivity contribution in [1.82, 2.24) is 10.2 Å². The van der Waals surface area contributed by atoms with Crippen molar-refractivity contribution in [2.75, 3.05) is 26.2 Å². The average molecular weight is 449 g/mol. The number of hydrogen-bond donors (Lipinski definition) is 1. The SMILES string of the molecule is C#CCCN(CCCC)CCC(=O)NCCCCCCCCCCCCCCCCCC. The Labute approximate surface area is 201 Å². The van der Waals surface area contributed by atoms with Crippen LogP contribution in [0.25, 0.3) is 0 Å². The lowest BCUT2D eigenvalue weighted by molar-refractivity contribution is -0.121. The van der Waals surface area contributed by atoms with Gasteiger partial charge in [0.2, 0.25) is 5.91 Å². The normalized spacial score (nSPS) is 11.1. The summed E-state index contributed by atoms with van der Waals surface area (Å²) >= 11 is 0. The minimum Gasteiger partial charge on any atom is -0.356 e. The van der Waals surface area contributed by atoms with Crippen molar-refractivity contribution in [2.45, 2.75) is 142 Å². The van der Waals surface area contributed by atoms with Crippen LogP contribution in [0.3, 0.4) is 0 Å². The van der Waals surface area contributed by atoms with Gasteiger partial charge in [-0.05, 0) is 19.4 Å². The Morgan fingerprint density at radius 1 is 0.656 bits per heavy atom. The van der Waals surface area contributed by atoms with Gasteiger partial charge in [0.05, 0.1) is 0 Å². The molecule has 188 valence electrons. The topological polar surface area (TPSA) is 32.3 Å². The molecule has 0 aliphatic heterocycles. The van der Waals surface area contributed by atoms with E-state index < -0.39 is 0 Å². The lowest BCUT2D eigenvalue weighted by atomic mass is 10.0. The van der Waals surface area contributed by atoms with E-state index in [-0.39, 0.29) is 5.91 Å². The van der Waals surface area contributed by atoms with Gasteiger partial charge in [-0.15, -0.1) is 12.3 Å². The third kappa shape index (κ3) is 23.6. The highest BCUT2D eigenvalue weighted by molar-refractivity contribution is 5.75. The van der Waals surface area contributed by atoms with Gasteiger partial charge < -0.3 is 10.2 Å². The van der Waals surface area contributed by atoms with E-state index in [0.717, 1.165) is 39.0 Å². The van der Waals surface area contributed by atoms with Gasteiger partial charge in [-0.2, -0.15) is 0 Å². The second-order valence-corrected chi connectivity index (χ2v) is 9.55. The molecule has 0 aliphatic carbocycles. The molecule has 1 amide bonds. The molecule has 0 unspecified atom stereocenters. The Morgan fingerprint density at radius 2 is 1.12 bits per heavy atom. The van der Waals surface area contributed by atoms with Gasteiger partial charge in [0.15, 0.2) is 0 Å². The van der Waals surface area contributed by atoms with Crippen molar-refractivity contribution < 1.29 is 4.79 Å². The van der Waals surface area contributed by atoms with Crippen LogP contribution in [0.2, 0.25) is 0 Å². The molecule has 0 saturated heterocycles. The fraction of sp³-hybridized carbons (Fsp3) is 0.897. The molecule has 0 saturated carbocycles. The predicted molar refractivity (Wildman–Crippen MR) is 142 cm³/mol. The van der Waals surface area contributed by atoms with Gasteiger partial charge in [-0.1, -0.05) is 117 Å². The zero-order valence-corrected chi connectivity index (χ0v) is 21.9. The minimum absolute atomic E-state index is 0.188. The van der Waals surface area contributed by atoms with Crippen LogP contribution in [-0.4, -0.2) is 37.0 Å². The van der Waals surface area contributed by atoms with Crippen LogP contribution in [-0.2, 0) is 4.79 Å². The summed E-state index contributed by atoms with van der Waals surface area (Å²) in [7, 11) is 0. The molecule has 0 rings (SSSR count). The molecule has 3 heteroatoms. The maximum absolute atomic E-state index is 12.1. The smallest absolute Gasteiger partial charge is 0.221 e. The molecule has 0 aliphatic rings. The summed E-state index contributed by atoms with van der Waals surface area (Å²) in [5.41, 5.74) is 0. The fourth-order valence-electron chi connectivity index (χ4n) is 4.19. The Morgan fingerprint density at radius 3 is 1.59 bits per heavy atom. The van der Waals surface area contributed by atoms with Gasteiger partial charge in [0.1, 0.15) is 0 Å². The number of amides is 1. The quantitative estimate of drug-likeness (QED) is 0.114. The number of terminal acetylenes is 1.